The van der Waals surface area contributed by atoms with Gasteiger partial charge in [-0.2, -0.15) is 10.4 Å². The average Bonchev–Trinajstić information content (AvgIpc) is 2.55. The molecule has 6 nitrogen and oxygen atoms in total. The molecule has 1 N–H and O–H groups in total. The van der Waals surface area contributed by atoms with Gasteiger partial charge in [0.15, 0.2) is 5.69 Å². The zero-order chi connectivity index (χ0) is 17.0. The fraction of sp³-hybridized carbons (Fsp3) is 0.294. The lowest BCUT2D eigenvalue weighted by Crippen LogP contribution is -2.24. The summed E-state index contributed by atoms with van der Waals surface area (Å²) in [5, 5.41) is 27.6. The SMILES string of the molecule is CCC(C)n1c(O)c(C#N)c(C)c(N=Nc2ccccc2)c1=O. The number of benzene rings is 1. The lowest BCUT2D eigenvalue weighted by atomic mass is 10.1. The van der Waals surface area contributed by atoms with Gasteiger partial charge < -0.3 is 5.11 Å². The lowest BCUT2D eigenvalue weighted by molar-refractivity contribution is 0.372. The minimum absolute atomic E-state index is 0.0481. The van der Waals surface area contributed by atoms with Gasteiger partial charge in [-0.25, -0.2) is 0 Å². The highest BCUT2D eigenvalue weighted by Crippen LogP contribution is 2.29. The fourth-order valence-corrected chi connectivity index (χ4v) is 2.22. The third-order valence-electron chi connectivity index (χ3n) is 3.77. The largest absolute Gasteiger partial charge is 0.493 e. The van der Waals surface area contributed by atoms with Crippen molar-refractivity contribution < 1.29 is 5.11 Å². The van der Waals surface area contributed by atoms with Crippen molar-refractivity contribution in [1.82, 2.24) is 4.57 Å². The van der Waals surface area contributed by atoms with E-state index in [0.29, 0.717) is 17.7 Å². The van der Waals surface area contributed by atoms with E-state index >= 15 is 0 Å². The first kappa shape index (κ1) is 16.4. The van der Waals surface area contributed by atoms with Crippen LogP contribution in [0.25, 0.3) is 0 Å². The topological polar surface area (TPSA) is 90.7 Å². The van der Waals surface area contributed by atoms with Crippen molar-refractivity contribution in [2.45, 2.75) is 33.2 Å². The number of nitriles is 1. The van der Waals surface area contributed by atoms with E-state index in [0.717, 1.165) is 0 Å². The van der Waals surface area contributed by atoms with E-state index in [4.69, 9.17) is 0 Å². The van der Waals surface area contributed by atoms with Gasteiger partial charge in [-0.1, -0.05) is 25.1 Å². The Hall–Kier alpha value is -2.94. The van der Waals surface area contributed by atoms with Gasteiger partial charge in [-0.15, -0.1) is 5.11 Å². The smallest absolute Gasteiger partial charge is 0.281 e. The maximum atomic E-state index is 12.6. The van der Waals surface area contributed by atoms with Gasteiger partial charge >= 0.3 is 0 Å². The highest BCUT2D eigenvalue weighted by atomic mass is 16.3. The van der Waals surface area contributed by atoms with E-state index in [2.05, 4.69) is 10.2 Å². The molecule has 0 spiro atoms. The first-order valence-corrected chi connectivity index (χ1v) is 7.36. The number of aromatic nitrogens is 1. The van der Waals surface area contributed by atoms with Crippen LogP contribution in [0.15, 0.2) is 45.4 Å². The predicted octanol–water partition coefficient (Wildman–Crippen LogP) is 4.12. The molecule has 118 valence electrons. The van der Waals surface area contributed by atoms with E-state index in [9.17, 15) is 15.2 Å². The lowest BCUT2D eigenvalue weighted by Gasteiger charge is -2.17. The summed E-state index contributed by atoms with van der Waals surface area (Å²) in [6.45, 7) is 5.28. The summed E-state index contributed by atoms with van der Waals surface area (Å²) < 4.78 is 1.20. The van der Waals surface area contributed by atoms with Gasteiger partial charge in [0.1, 0.15) is 11.6 Å². The zero-order valence-corrected chi connectivity index (χ0v) is 13.3. The summed E-state index contributed by atoms with van der Waals surface area (Å²) in [6, 6.07) is 10.7. The standard InChI is InChI=1S/C17H18N4O2/c1-4-11(2)21-16(22)14(10-18)12(3)15(17(21)23)20-19-13-8-6-5-7-9-13/h5-9,11,22H,4H2,1-3H3. The second-order valence-corrected chi connectivity index (χ2v) is 5.25. The number of azo groups is 1. The van der Waals surface area contributed by atoms with Gasteiger partial charge in [0.05, 0.1) is 5.69 Å². The Morgan fingerprint density at radius 2 is 1.96 bits per heavy atom. The molecule has 0 aliphatic carbocycles. The van der Waals surface area contributed by atoms with Gasteiger partial charge in [0, 0.05) is 11.6 Å². The van der Waals surface area contributed by atoms with Crippen molar-refractivity contribution in [1.29, 1.82) is 5.26 Å². The van der Waals surface area contributed by atoms with E-state index in [1.807, 2.05) is 31.2 Å². The van der Waals surface area contributed by atoms with E-state index in [1.165, 1.54) is 4.57 Å². The molecule has 1 atom stereocenters. The van der Waals surface area contributed by atoms with Crippen molar-refractivity contribution >= 4 is 11.4 Å². The normalized spacial score (nSPS) is 12.3. The average molecular weight is 310 g/mol. The van der Waals surface area contributed by atoms with E-state index in [1.54, 1.807) is 26.0 Å². The summed E-state index contributed by atoms with van der Waals surface area (Å²) in [5.41, 5.74) is 0.602. The molecule has 1 aromatic heterocycles. The van der Waals surface area contributed by atoms with Gasteiger partial charge in [-0.05, 0) is 32.4 Å². The highest BCUT2D eigenvalue weighted by Gasteiger charge is 2.21. The molecule has 0 bridgehead atoms. The summed E-state index contributed by atoms with van der Waals surface area (Å²) in [6.07, 6.45) is 0.636. The molecule has 6 heteroatoms. The maximum absolute atomic E-state index is 12.6. The number of nitrogens with zero attached hydrogens (tertiary/aromatic N) is 4. The van der Waals surface area contributed by atoms with Gasteiger partial charge in [0.2, 0.25) is 5.88 Å². The first-order valence-electron chi connectivity index (χ1n) is 7.36. The highest BCUT2D eigenvalue weighted by molar-refractivity contribution is 5.57. The molecule has 0 aliphatic heterocycles. The molecule has 2 rings (SSSR count). The number of hydrogen-bond donors (Lipinski definition) is 1. The zero-order valence-electron chi connectivity index (χ0n) is 13.3. The Morgan fingerprint density at radius 1 is 1.30 bits per heavy atom. The Kier molecular flexibility index (Phi) is 4.91. The molecule has 0 radical (unpaired) electrons. The van der Waals surface area contributed by atoms with Gasteiger partial charge in [0.25, 0.3) is 5.56 Å². The van der Waals surface area contributed by atoms with Crippen molar-refractivity contribution in [2.24, 2.45) is 10.2 Å². The minimum atomic E-state index is -0.451. The van der Waals surface area contributed by atoms with Crippen LogP contribution in [0.3, 0.4) is 0 Å². The Balaban J connectivity index is 2.66. The van der Waals surface area contributed by atoms with Crippen LogP contribution in [0.2, 0.25) is 0 Å². The van der Waals surface area contributed by atoms with Crippen molar-refractivity contribution in [3.63, 3.8) is 0 Å². The molecular formula is C17H18N4O2. The molecule has 0 aliphatic rings. The van der Waals surface area contributed by atoms with Crippen molar-refractivity contribution in [2.75, 3.05) is 0 Å². The molecular weight excluding hydrogens is 292 g/mol. The Morgan fingerprint density at radius 3 is 2.52 bits per heavy atom. The van der Waals surface area contributed by atoms with Crippen molar-refractivity contribution in [3.8, 4) is 11.9 Å². The number of pyridine rings is 1. The van der Waals surface area contributed by atoms with Crippen LogP contribution in [0.5, 0.6) is 5.88 Å². The second-order valence-electron chi connectivity index (χ2n) is 5.25. The molecule has 1 aromatic carbocycles. The summed E-state index contributed by atoms with van der Waals surface area (Å²) in [4.78, 5) is 12.6. The molecule has 1 heterocycles. The number of rotatable bonds is 4. The second kappa shape index (κ2) is 6.88. The maximum Gasteiger partial charge on any atom is 0.281 e. The van der Waals surface area contributed by atoms with Crippen LogP contribution in [0, 0.1) is 18.3 Å². The fourth-order valence-electron chi connectivity index (χ4n) is 2.22. The number of hydrogen-bond acceptors (Lipinski definition) is 5. The Bertz CT molecular complexity index is 832. The monoisotopic (exact) mass is 310 g/mol. The summed E-state index contributed by atoms with van der Waals surface area (Å²) >= 11 is 0. The van der Waals surface area contributed by atoms with Crippen LogP contribution in [0.1, 0.15) is 37.4 Å². The molecule has 2 aromatic rings. The molecule has 1 unspecified atom stereocenters. The first-order chi connectivity index (χ1) is 11.0. The van der Waals surface area contributed by atoms with E-state index in [-0.39, 0.29) is 23.2 Å². The van der Waals surface area contributed by atoms with Crippen LogP contribution in [0.4, 0.5) is 11.4 Å². The predicted molar refractivity (Wildman–Crippen MR) is 87.4 cm³/mol. The summed E-state index contributed by atoms with van der Waals surface area (Å²) in [7, 11) is 0. The Labute approximate surface area is 134 Å². The third-order valence-corrected chi connectivity index (χ3v) is 3.77. The molecule has 0 fully saturated rings. The van der Waals surface area contributed by atoms with Crippen LogP contribution in [-0.2, 0) is 0 Å². The molecule has 0 saturated carbocycles. The number of aromatic hydroxyl groups is 1. The third kappa shape index (κ3) is 3.14. The van der Waals surface area contributed by atoms with Crippen LogP contribution >= 0.6 is 0 Å². The molecule has 23 heavy (non-hydrogen) atoms. The van der Waals surface area contributed by atoms with Crippen molar-refractivity contribution in [3.05, 3.63) is 51.8 Å². The quantitative estimate of drug-likeness (QED) is 0.861. The van der Waals surface area contributed by atoms with Gasteiger partial charge in [-0.3, -0.25) is 9.36 Å². The van der Waals surface area contributed by atoms with E-state index < -0.39 is 5.56 Å². The molecule has 0 saturated heterocycles. The van der Waals surface area contributed by atoms with Crippen LogP contribution in [-0.4, -0.2) is 9.67 Å². The molecule has 0 amide bonds. The minimum Gasteiger partial charge on any atom is -0.493 e. The summed E-state index contributed by atoms with van der Waals surface area (Å²) in [5.74, 6) is -0.317. The van der Waals surface area contributed by atoms with Crippen LogP contribution < -0.4 is 5.56 Å².